The SMILES string of the molecule is CON1C(C(=O)O)=C1C(=O)O. The van der Waals surface area contributed by atoms with Crippen LogP contribution in [0.25, 0.3) is 0 Å². The monoisotopic (exact) mass is 159 g/mol. The minimum absolute atomic E-state index is 0.319. The van der Waals surface area contributed by atoms with E-state index in [9.17, 15) is 9.59 Å². The molecular formula is C5H5NO5. The molecule has 60 valence electrons. The lowest BCUT2D eigenvalue weighted by molar-refractivity contribution is -0.137. The van der Waals surface area contributed by atoms with Gasteiger partial charge in [-0.25, -0.2) is 14.7 Å². The van der Waals surface area contributed by atoms with Gasteiger partial charge in [0.25, 0.3) is 0 Å². The second-order valence-electron chi connectivity index (χ2n) is 1.78. The van der Waals surface area contributed by atoms with Crippen LogP contribution in [0, 0.1) is 0 Å². The third-order valence-electron chi connectivity index (χ3n) is 1.17. The maximum atomic E-state index is 10.2. The van der Waals surface area contributed by atoms with E-state index >= 15 is 0 Å². The Hall–Kier alpha value is -1.56. The van der Waals surface area contributed by atoms with Gasteiger partial charge < -0.3 is 10.2 Å². The van der Waals surface area contributed by atoms with E-state index in [2.05, 4.69) is 4.84 Å². The number of hydrogen-bond acceptors (Lipinski definition) is 4. The van der Waals surface area contributed by atoms with Crippen LogP contribution in [0.3, 0.4) is 0 Å². The van der Waals surface area contributed by atoms with Crippen LogP contribution in [0.5, 0.6) is 0 Å². The zero-order chi connectivity index (χ0) is 8.59. The highest BCUT2D eigenvalue weighted by Crippen LogP contribution is 2.31. The molecule has 6 heteroatoms. The molecule has 0 aromatic heterocycles. The average molecular weight is 159 g/mol. The van der Waals surface area contributed by atoms with Gasteiger partial charge in [-0.15, -0.1) is 0 Å². The molecule has 0 unspecified atom stereocenters. The summed E-state index contributed by atoms with van der Waals surface area (Å²) >= 11 is 0. The Kier molecular flexibility index (Phi) is 1.54. The first-order chi connectivity index (χ1) is 5.09. The van der Waals surface area contributed by atoms with Crippen molar-refractivity contribution in [1.29, 1.82) is 0 Å². The summed E-state index contributed by atoms with van der Waals surface area (Å²) in [5, 5.41) is 17.4. The highest BCUT2D eigenvalue weighted by Gasteiger charge is 2.45. The quantitative estimate of drug-likeness (QED) is 0.563. The second-order valence-corrected chi connectivity index (χ2v) is 1.78. The molecule has 6 nitrogen and oxygen atoms in total. The van der Waals surface area contributed by atoms with Crippen LogP contribution in [0.1, 0.15) is 0 Å². The number of carboxylic acids is 2. The van der Waals surface area contributed by atoms with Gasteiger partial charge in [-0.3, -0.25) is 4.84 Å². The lowest BCUT2D eigenvalue weighted by Gasteiger charge is -1.97. The summed E-state index contributed by atoms with van der Waals surface area (Å²) in [5.74, 6) is -2.60. The molecule has 0 aromatic carbocycles. The Balaban J connectivity index is 2.78. The average Bonchev–Trinajstić information content (AvgIpc) is 2.59. The second kappa shape index (κ2) is 2.24. The number of hydrogen-bond donors (Lipinski definition) is 2. The van der Waals surface area contributed by atoms with Crippen molar-refractivity contribution in [1.82, 2.24) is 5.06 Å². The van der Waals surface area contributed by atoms with Gasteiger partial charge in [-0.05, 0) is 0 Å². The third kappa shape index (κ3) is 1.03. The Labute approximate surface area is 61.2 Å². The molecule has 0 aromatic rings. The molecule has 0 fully saturated rings. The normalized spacial score (nSPS) is 15.2. The van der Waals surface area contributed by atoms with E-state index in [-0.39, 0.29) is 11.4 Å². The van der Waals surface area contributed by atoms with Gasteiger partial charge in [-0.1, -0.05) is 0 Å². The minimum Gasteiger partial charge on any atom is -0.476 e. The lowest BCUT2D eigenvalue weighted by atomic mass is 10.5. The third-order valence-corrected chi connectivity index (χ3v) is 1.17. The maximum absolute atomic E-state index is 10.2. The van der Waals surface area contributed by atoms with E-state index in [0.717, 1.165) is 5.06 Å². The van der Waals surface area contributed by atoms with Crippen LogP contribution in [-0.4, -0.2) is 34.3 Å². The highest BCUT2D eigenvalue weighted by molar-refractivity contribution is 6.04. The number of nitrogens with zero attached hydrogens (tertiary/aromatic N) is 1. The first-order valence-corrected chi connectivity index (χ1v) is 2.64. The molecule has 1 aliphatic rings. The van der Waals surface area contributed by atoms with Crippen molar-refractivity contribution in [2.24, 2.45) is 0 Å². The topological polar surface area (TPSA) is 86.8 Å². The Bertz CT molecular complexity index is 232. The minimum atomic E-state index is -1.30. The van der Waals surface area contributed by atoms with Crippen molar-refractivity contribution in [3.05, 3.63) is 11.4 Å². The molecule has 1 aliphatic heterocycles. The van der Waals surface area contributed by atoms with Crippen LogP contribution in [0.15, 0.2) is 11.4 Å². The first kappa shape index (κ1) is 7.55. The van der Waals surface area contributed by atoms with Gasteiger partial charge in [-0.2, -0.15) is 0 Å². The van der Waals surface area contributed by atoms with Crippen LogP contribution in [0.2, 0.25) is 0 Å². The molecule has 0 spiro atoms. The van der Waals surface area contributed by atoms with E-state index < -0.39 is 11.9 Å². The summed E-state index contributed by atoms with van der Waals surface area (Å²) in [4.78, 5) is 24.8. The van der Waals surface area contributed by atoms with Crippen molar-refractivity contribution in [2.45, 2.75) is 0 Å². The molecule has 1 rings (SSSR count). The van der Waals surface area contributed by atoms with E-state index in [1.165, 1.54) is 7.11 Å². The van der Waals surface area contributed by atoms with Crippen molar-refractivity contribution >= 4 is 11.9 Å². The maximum Gasteiger partial charge on any atom is 0.357 e. The fraction of sp³-hybridized carbons (Fsp3) is 0.200. The number of hydroxylamine groups is 2. The van der Waals surface area contributed by atoms with Gasteiger partial charge >= 0.3 is 11.9 Å². The Morgan fingerprint density at radius 3 is 1.73 bits per heavy atom. The molecule has 0 bridgehead atoms. The molecule has 0 atom stereocenters. The smallest absolute Gasteiger partial charge is 0.357 e. The number of carboxylic acid groups (broad SMARTS) is 2. The van der Waals surface area contributed by atoms with E-state index in [1.54, 1.807) is 0 Å². The van der Waals surface area contributed by atoms with E-state index in [0.29, 0.717) is 0 Å². The molecule has 1 heterocycles. The number of rotatable bonds is 3. The van der Waals surface area contributed by atoms with E-state index in [4.69, 9.17) is 10.2 Å². The summed E-state index contributed by atoms with van der Waals surface area (Å²) in [7, 11) is 1.19. The number of aliphatic carboxylic acids is 2. The van der Waals surface area contributed by atoms with Crippen LogP contribution >= 0.6 is 0 Å². The molecule has 0 radical (unpaired) electrons. The predicted octanol–water partition coefficient (Wildman–Crippen LogP) is -0.756. The van der Waals surface area contributed by atoms with Crippen molar-refractivity contribution in [3.8, 4) is 0 Å². The molecular weight excluding hydrogens is 154 g/mol. The predicted molar refractivity (Wildman–Crippen MR) is 31.1 cm³/mol. The fourth-order valence-corrected chi connectivity index (χ4v) is 0.709. The lowest BCUT2D eigenvalue weighted by Crippen LogP contribution is -2.06. The summed E-state index contributed by atoms with van der Waals surface area (Å²) in [6, 6.07) is 0. The highest BCUT2D eigenvalue weighted by atomic mass is 16.7. The van der Waals surface area contributed by atoms with Crippen molar-refractivity contribution < 1.29 is 24.6 Å². The van der Waals surface area contributed by atoms with Gasteiger partial charge in [0.1, 0.15) is 0 Å². The van der Waals surface area contributed by atoms with Gasteiger partial charge in [0.05, 0.1) is 7.11 Å². The Morgan fingerprint density at radius 1 is 1.27 bits per heavy atom. The molecule has 0 amide bonds. The molecule has 0 saturated heterocycles. The Morgan fingerprint density at radius 2 is 1.64 bits per heavy atom. The van der Waals surface area contributed by atoms with Crippen LogP contribution in [-0.2, 0) is 14.4 Å². The summed E-state index contributed by atoms with van der Waals surface area (Å²) in [6.45, 7) is 0. The fourth-order valence-electron chi connectivity index (χ4n) is 0.709. The van der Waals surface area contributed by atoms with Crippen molar-refractivity contribution in [3.63, 3.8) is 0 Å². The van der Waals surface area contributed by atoms with Crippen LogP contribution in [0.4, 0.5) is 0 Å². The summed E-state index contributed by atoms with van der Waals surface area (Å²) in [6.07, 6.45) is 0. The molecule has 0 saturated carbocycles. The standard InChI is InChI=1S/C5H5NO5/c1-11-6-2(4(7)8)3(6)5(9)10/h1H3,(H,7,8)(H,9,10). The van der Waals surface area contributed by atoms with Crippen LogP contribution < -0.4 is 0 Å². The largest absolute Gasteiger partial charge is 0.476 e. The zero-order valence-corrected chi connectivity index (χ0v) is 5.57. The van der Waals surface area contributed by atoms with E-state index in [1.807, 2.05) is 0 Å². The first-order valence-electron chi connectivity index (χ1n) is 2.64. The van der Waals surface area contributed by atoms with Gasteiger partial charge in [0.2, 0.25) is 0 Å². The summed E-state index contributed by atoms with van der Waals surface area (Å²) in [5.41, 5.74) is -0.639. The van der Waals surface area contributed by atoms with Crippen molar-refractivity contribution in [2.75, 3.05) is 7.11 Å². The summed E-state index contributed by atoms with van der Waals surface area (Å²) < 4.78 is 0. The number of carbonyl (C=O) groups is 2. The zero-order valence-electron chi connectivity index (χ0n) is 5.57. The van der Waals surface area contributed by atoms with Gasteiger partial charge in [0, 0.05) is 0 Å². The van der Waals surface area contributed by atoms with Gasteiger partial charge in [0.15, 0.2) is 11.4 Å². The molecule has 0 aliphatic carbocycles. The molecule has 2 N–H and O–H groups in total. The molecule has 11 heavy (non-hydrogen) atoms.